The molecule has 1 aliphatic rings. The van der Waals surface area contributed by atoms with Crippen molar-refractivity contribution < 1.29 is 36.3 Å². The van der Waals surface area contributed by atoms with Crippen LogP contribution in [0.4, 0.5) is 26.7 Å². The molecule has 11 heteroatoms. The minimum Gasteiger partial charge on any atom is -0.444 e. The highest BCUT2D eigenvalue weighted by atomic mass is 19.4. The minimum atomic E-state index is -4.46. The lowest BCUT2D eigenvalue weighted by atomic mass is 10.1. The van der Waals surface area contributed by atoms with Crippen LogP contribution in [0.15, 0.2) is 42.6 Å². The fourth-order valence-corrected chi connectivity index (χ4v) is 3.44. The summed E-state index contributed by atoms with van der Waals surface area (Å²) >= 11 is 0. The molecule has 0 aliphatic carbocycles. The number of rotatable bonds is 4. The summed E-state index contributed by atoms with van der Waals surface area (Å²) in [6.45, 7) is 3.79. The van der Waals surface area contributed by atoms with Crippen molar-refractivity contribution >= 4 is 12.0 Å². The van der Waals surface area contributed by atoms with Crippen molar-refractivity contribution in [1.29, 1.82) is 0 Å². The van der Waals surface area contributed by atoms with E-state index < -0.39 is 54.3 Å². The van der Waals surface area contributed by atoms with Crippen molar-refractivity contribution in [2.24, 2.45) is 0 Å². The molecule has 1 atom stereocenters. The van der Waals surface area contributed by atoms with Crippen molar-refractivity contribution in [3.63, 3.8) is 0 Å². The van der Waals surface area contributed by atoms with Crippen LogP contribution in [0.5, 0.6) is 0 Å². The predicted molar refractivity (Wildman–Crippen MR) is 113 cm³/mol. The molecule has 34 heavy (non-hydrogen) atoms. The molecule has 1 aromatic heterocycles. The monoisotopic (exact) mass is 485 g/mol. The molecule has 1 fully saturated rings. The second kappa shape index (κ2) is 9.19. The van der Waals surface area contributed by atoms with Gasteiger partial charge in [-0.2, -0.15) is 13.2 Å². The summed E-state index contributed by atoms with van der Waals surface area (Å²) in [5.41, 5.74) is -0.341. The molecule has 1 aromatic carbocycles. The third-order valence-electron chi connectivity index (χ3n) is 5.00. The predicted octanol–water partition coefficient (Wildman–Crippen LogP) is 5.03. The third kappa shape index (κ3) is 6.42. The van der Waals surface area contributed by atoms with Gasteiger partial charge in [0.2, 0.25) is 5.91 Å². The molecular formula is C23H24F5N3O3. The zero-order chi connectivity index (χ0) is 25.3. The summed E-state index contributed by atoms with van der Waals surface area (Å²) in [5, 5.41) is 2.54. The summed E-state index contributed by atoms with van der Waals surface area (Å²) in [6, 6.07) is 6.19. The number of halogens is 5. The normalized spacial score (nSPS) is 18.0. The highest BCUT2D eigenvalue weighted by molar-refractivity contribution is 5.86. The molecule has 6 nitrogen and oxygen atoms in total. The Kier molecular flexibility index (Phi) is 6.86. The summed E-state index contributed by atoms with van der Waals surface area (Å²) < 4.78 is 71.4. The number of carbonyl (C=O) groups is 2. The van der Waals surface area contributed by atoms with Crippen LogP contribution in [0.2, 0.25) is 0 Å². The molecule has 1 saturated heterocycles. The molecule has 1 unspecified atom stereocenters. The maximum Gasteiger partial charge on any atom is 0.416 e. The molecule has 184 valence electrons. The largest absolute Gasteiger partial charge is 0.444 e. The molecule has 1 N–H and O–H groups in total. The van der Waals surface area contributed by atoms with E-state index in [0.29, 0.717) is 16.8 Å². The number of likely N-dealkylation sites (tertiary alicyclic amines) is 1. The van der Waals surface area contributed by atoms with Crippen LogP contribution in [-0.4, -0.2) is 46.0 Å². The topological polar surface area (TPSA) is 71.5 Å². The van der Waals surface area contributed by atoms with Crippen LogP contribution < -0.4 is 5.32 Å². The Balaban J connectivity index is 1.69. The first kappa shape index (κ1) is 25.4. The molecule has 1 aliphatic heterocycles. The number of benzene rings is 1. The van der Waals surface area contributed by atoms with Crippen LogP contribution >= 0.6 is 0 Å². The van der Waals surface area contributed by atoms with Gasteiger partial charge in [-0.05, 0) is 50.6 Å². The van der Waals surface area contributed by atoms with Crippen LogP contribution in [-0.2, 0) is 22.3 Å². The number of pyridine rings is 1. The van der Waals surface area contributed by atoms with Gasteiger partial charge in [-0.15, -0.1) is 0 Å². The highest BCUT2D eigenvalue weighted by Gasteiger charge is 2.51. The smallest absolute Gasteiger partial charge is 0.416 e. The number of aromatic nitrogens is 1. The van der Waals surface area contributed by atoms with Gasteiger partial charge in [0.25, 0.3) is 5.92 Å². The zero-order valence-corrected chi connectivity index (χ0v) is 18.7. The maximum absolute atomic E-state index is 14.0. The molecule has 2 amide bonds. The van der Waals surface area contributed by atoms with Gasteiger partial charge in [0, 0.05) is 24.7 Å². The van der Waals surface area contributed by atoms with Gasteiger partial charge < -0.3 is 10.1 Å². The van der Waals surface area contributed by atoms with Gasteiger partial charge in [-0.25, -0.2) is 13.6 Å². The summed E-state index contributed by atoms with van der Waals surface area (Å²) in [7, 11) is 0. The van der Waals surface area contributed by atoms with E-state index in [9.17, 15) is 31.5 Å². The average Bonchev–Trinajstić information content (AvgIpc) is 3.06. The van der Waals surface area contributed by atoms with E-state index in [1.54, 1.807) is 32.9 Å². The summed E-state index contributed by atoms with van der Waals surface area (Å²) in [6.07, 6.45) is -4.86. The van der Waals surface area contributed by atoms with E-state index in [4.69, 9.17) is 4.74 Å². The van der Waals surface area contributed by atoms with E-state index >= 15 is 0 Å². The Hall–Kier alpha value is -3.24. The zero-order valence-electron chi connectivity index (χ0n) is 18.7. The highest BCUT2D eigenvalue weighted by Crippen LogP contribution is 2.33. The van der Waals surface area contributed by atoms with E-state index in [2.05, 4.69) is 10.3 Å². The Bertz CT molecular complexity index is 1050. The van der Waals surface area contributed by atoms with Crippen molar-refractivity contribution in [3.8, 4) is 11.3 Å². The molecule has 2 heterocycles. The fraction of sp³-hybridized carbons (Fsp3) is 0.435. The molecule has 3 rings (SSSR count). The quantitative estimate of drug-likeness (QED) is 0.617. The van der Waals surface area contributed by atoms with Crippen molar-refractivity contribution in [2.45, 2.75) is 57.5 Å². The maximum atomic E-state index is 14.0. The first-order valence-corrected chi connectivity index (χ1v) is 10.4. The first-order chi connectivity index (χ1) is 15.6. The summed E-state index contributed by atoms with van der Waals surface area (Å²) in [4.78, 5) is 29.8. The van der Waals surface area contributed by atoms with Crippen LogP contribution in [0.25, 0.3) is 11.3 Å². The molecule has 0 spiro atoms. The Morgan fingerprint density at radius 1 is 1.15 bits per heavy atom. The van der Waals surface area contributed by atoms with Gasteiger partial charge >= 0.3 is 12.3 Å². The van der Waals surface area contributed by atoms with Gasteiger partial charge in [0.15, 0.2) is 0 Å². The van der Waals surface area contributed by atoms with E-state index in [-0.39, 0.29) is 6.54 Å². The van der Waals surface area contributed by atoms with E-state index in [1.807, 2.05) is 0 Å². The van der Waals surface area contributed by atoms with Crippen LogP contribution in [0.3, 0.4) is 0 Å². The van der Waals surface area contributed by atoms with Crippen LogP contribution in [0, 0.1) is 0 Å². The number of amides is 2. The third-order valence-corrected chi connectivity index (χ3v) is 5.00. The Labute approximate surface area is 193 Å². The lowest BCUT2D eigenvalue weighted by Crippen LogP contribution is -2.47. The number of nitrogens with one attached hydrogen (secondary N) is 1. The van der Waals surface area contributed by atoms with E-state index in [1.165, 1.54) is 18.3 Å². The fourth-order valence-electron chi connectivity index (χ4n) is 3.44. The molecule has 0 saturated carbocycles. The molecule has 0 bridgehead atoms. The number of hydrogen-bond acceptors (Lipinski definition) is 4. The molecular weight excluding hydrogens is 461 g/mol. The van der Waals surface area contributed by atoms with Crippen LogP contribution in [0.1, 0.15) is 38.3 Å². The van der Waals surface area contributed by atoms with Gasteiger partial charge in [0.05, 0.1) is 17.8 Å². The average molecular weight is 485 g/mol. The Morgan fingerprint density at radius 2 is 1.79 bits per heavy atom. The SMILES string of the molecule is CC(C)(C)OC(=O)N1CC(F)(F)CC1C(=O)NCc1ccnc(-c2ccc(C(F)(F)F)cc2)c1. The first-order valence-electron chi connectivity index (χ1n) is 10.4. The second-order valence-electron chi connectivity index (χ2n) is 9.03. The number of nitrogens with zero attached hydrogens (tertiary/aromatic N) is 2. The van der Waals surface area contributed by atoms with Gasteiger partial charge in [-0.1, -0.05) is 12.1 Å². The number of hydrogen-bond donors (Lipinski definition) is 1. The van der Waals surface area contributed by atoms with Crippen molar-refractivity contribution in [2.75, 3.05) is 6.54 Å². The number of alkyl halides is 5. The number of carbonyl (C=O) groups excluding carboxylic acids is 2. The van der Waals surface area contributed by atoms with Gasteiger partial charge in [0.1, 0.15) is 11.6 Å². The standard InChI is InChI=1S/C23H24F5N3O3/c1-21(2,3)34-20(33)31-13-22(24,25)11-18(31)19(32)30-12-14-8-9-29-17(10-14)15-4-6-16(7-5-15)23(26,27)28/h4-10,18H,11-13H2,1-3H3,(H,30,32). The molecule has 2 aromatic rings. The van der Waals surface area contributed by atoms with E-state index in [0.717, 1.165) is 17.0 Å². The number of ether oxygens (including phenoxy) is 1. The summed E-state index contributed by atoms with van der Waals surface area (Å²) in [5.74, 6) is -4.00. The minimum absolute atomic E-state index is 0.0563. The van der Waals surface area contributed by atoms with Crippen molar-refractivity contribution in [1.82, 2.24) is 15.2 Å². The second-order valence-corrected chi connectivity index (χ2v) is 9.03. The van der Waals surface area contributed by atoms with Crippen molar-refractivity contribution in [3.05, 3.63) is 53.7 Å². The molecule has 0 radical (unpaired) electrons. The lowest BCUT2D eigenvalue weighted by molar-refractivity contribution is -0.137. The lowest BCUT2D eigenvalue weighted by Gasteiger charge is -2.27. The Morgan fingerprint density at radius 3 is 2.38 bits per heavy atom. The van der Waals surface area contributed by atoms with Gasteiger partial charge in [-0.3, -0.25) is 14.7 Å².